The molecule has 0 bridgehead atoms. The molecular weight excluding hydrogens is 525 g/mol. The number of hydrogen-bond donors (Lipinski definition) is 0. The van der Waals surface area contributed by atoms with Crippen LogP contribution in [0, 0.1) is 17.1 Å². The van der Waals surface area contributed by atoms with E-state index in [-0.39, 0.29) is 24.2 Å². The Morgan fingerprint density at radius 2 is 2.02 bits per heavy atom. The number of methoxy groups -OCH3 is 1. The Kier molecular flexibility index (Phi) is 7.81. The summed E-state index contributed by atoms with van der Waals surface area (Å²) in [4.78, 5) is 24.2. The predicted octanol–water partition coefficient (Wildman–Crippen LogP) is 4.15. The van der Waals surface area contributed by atoms with E-state index in [1.54, 1.807) is 18.2 Å². The molecule has 2 saturated heterocycles. The van der Waals surface area contributed by atoms with Crippen molar-refractivity contribution >= 4 is 12.0 Å². The molecule has 0 radical (unpaired) electrons. The second kappa shape index (κ2) is 11.8. The molecule has 3 aliphatic rings. The number of piperidine rings is 1. The minimum Gasteiger partial charge on any atom is -0.473 e. The number of nitriles is 1. The summed E-state index contributed by atoms with van der Waals surface area (Å²) in [7, 11) is 1.41. The van der Waals surface area contributed by atoms with E-state index in [0.29, 0.717) is 29.4 Å². The third-order valence-corrected chi connectivity index (χ3v) is 8.15. The van der Waals surface area contributed by atoms with E-state index < -0.39 is 5.82 Å². The third kappa shape index (κ3) is 5.87. The third-order valence-electron chi connectivity index (χ3n) is 8.15. The molecular formula is C31H32FN5O4. The maximum absolute atomic E-state index is 14.2. The van der Waals surface area contributed by atoms with Gasteiger partial charge in [-0.05, 0) is 56.6 Å². The molecule has 1 atom stereocenters. The van der Waals surface area contributed by atoms with Crippen molar-refractivity contribution in [2.24, 2.45) is 0 Å². The van der Waals surface area contributed by atoms with Crippen molar-refractivity contribution in [1.29, 1.82) is 5.26 Å². The normalized spacial score (nSPS) is 18.8. The molecule has 0 saturated carbocycles. The lowest BCUT2D eigenvalue weighted by atomic mass is 9.93. The van der Waals surface area contributed by atoms with Crippen molar-refractivity contribution in [3.05, 3.63) is 81.8 Å². The number of nitrogens with zero attached hydrogens (tertiary/aromatic N) is 5. The Bertz CT molecular complexity index is 1520. The standard InChI is InChI=1S/C31H32FN5O4/c1-39-31(38)23-14-27-28(15-23)37(17-24-9-12-40-24)29(34-27)18-36-10-7-21(8-11-36)26-3-2-4-30(35-26)41-19-22-6-5-20(16-33)13-25(22)32/h2-6,13-14,21,24H,7-12,15,17-19H2,1H3/t24-/m0/s1. The van der Waals surface area contributed by atoms with Crippen LogP contribution in [-0.4, -0.2) is 58.3 Å². The van der Waals surface area contributed by atoms with Crippen LogP contribution in [0.2, 0.25) is 0 Å². The summed E-state index contributed by atoms with van der Waals surface area (Å²) in [5, 5.41) is 8.93. The number of pyridine rings is 1. The summed E-state index contributed by atoms with van der Waals surface area (Å²) in [5.74, 6) is 1.01. The Hall–Kier alpha value is -4.07. The zero-order chi connectivity index (χ0) is 28.3. The maximum Gasteiger partial charge on any atom is 0.334 e. The Labute approximate surface area is 238 Å². The van der Waals surface area contributed by atoms with Gasteiger partial charge in [0.05, 0.1) is 43.6 Å². The van der Waals surface area contributed by atoms with Crippen molar-refractivity contribution in [3.8, 4) is 11.9 Å². The molecule has 212 valence electrons. The van der Waals surface area contributed by atoms with Crippen molar-refractivity contribution < 1.29 is 23.4 Å². The molecule has 2 aliphatic heterocycles. The average molecular weight is 558 g/mol. The average Bonchev–Trinajstić information content (AvgIpc) is 3.52. The number of imidazole rings is 1. The summed E-state index contributed by atoms with van der Waals surface area (Å²) in [6.07, 6.45) is 5.53. The first-order chi connectivity index (χ1) is 20.0. The summed E-state index contributed by atoms with van der Waals surface area (Å²) < 4.78 is 32.9. The number of carbonyl (C=O) groups is 1. The van der Waals surface area contributed by atoms with Crippen LogP contribution < -0.4 is 4.74 Å². The molecule has 9 nitrogen and oxygen atoms in total. The molecule has 0 spiro atoms. The van der Waals surface area contributed by atoms with Gasteiger partial charge in [-0.25, -0.2) is 19.2 Å². The van der Waals surface area contributed by atoms with Crippen LogP contribution in [0.15, 0.2) is 42.0 Å². The van der Waals surface area contributed by atoms with Gasteiger partial charge in [0.15, 0.2) is 0 Å². The quantitative estimate of drug-likeness (QED) is 0.362. The number of carbonyl (C=O) groups excluding carboxylic acids is 1. The van der Waals surface area contributed by atoms with Crippen molar-refractivity contribution in [1.82, 2.24) is 19.4 Å². The predicted molar refractivity (Wildman–Crippen MR) is 147 cm³/mol. The number of ether oxygens (including phenoxy) is 3. The molecule has 0 N–H and O–H groups in total. The minimum absolute atomic E-state index is 0.0469. The number of halogens is 1. The first-order valence-electron chi connectivity index (χ1n) is 14.0. The van der Waals surface area contributed by atoms with E-state index in [2.05, 4.69) is 9.47 Å². The Balaban J connectivity index is 1.08. The van der Waals surface area contributed by atoms with Gasteiger partial charge in [-0.2, -0.15) is 5.26 Å². The zero-order valence-electron chi connectivity index (χ0n) is 23.0. The van der Waals surface area contributed by atoms with E-state index in [9.17, 15) is 9.18 Å². The molecule has 4 heterocycles. The van der Waals surface area contributed by atoms with Crippen molar-refractivity contribution in [2.45, 2.75) is 57.4 Å². The highest BCUT2D eigenvalue weighted by molar-refractivity contribution is 5.95. The van der Waals surface area contributed by atoms with Gasteiger partial charge in [-0.15, -0.1) is 0 Å². The van der Waals surface area contributed by atoms with Gasteiger partial charge in [-0.3, -0.25) is 4.90 Å². The van der Waals surface area contributed by atoms with Gasteiger partial charge < -0.3 is 18.8 Å². The smallest absolute Gasteiger partial charge is 0.334 e. The van der Waals surface area contributed by atoms with Crippen LogP contribution in [0.3, 0.4) is 0 Å². The number of fused-ring (bicyclic) bond motifs is 1. The molecule has 6 rings (SSSR count). The number of rotatable bonds is 9. The van der Waals surface area contributed by atoms with E-state index >= 15 is 0 Å². The van der Waals surface area contributed by atoms with Gasteiger partial charge in [0.2, 0.25) is 5.88 Å². The molecule has 3 aromatic rings. The molecule has 0 unspecified atom stereocenters. The topological polar surface area (TPSA) is 102 Å². The first-order valence-corrected chi connectivity index (χ1v) is 14.0. The maximum atomic E-state index is 14.2. The SMILES string of the molecule is COC(=O)C1=Cc2nc(CN3CCC(c4cccc(OCc5ccc(C#N)cc5F)n4)CC3)n(C[C@@H]3CCO3)c2C1. The lowest BCUT2D eigenvalue weighted by Gasteiger charge is -2.32. The number of benzene rings is 1. The van der Waals surface area contributed by atoms with Crippen molar-refractivity contribution in [2.75, 3.05) is 26.8 Å². The number of esters is 1. The molecule has 0 amide bonds. The zero-order valence-corrected chi connectivity index (χ0v) is 23.0. The highest BCUT2D eigenvalue weighted by Crippen LogP contribution is 2.31. The molecule has 1 aromatic carbocycles. The lowest BCUT2D eigenvalue weighted by molar-refractivity contribution is -0.136. The highest BCUT2D eigenvalue weighted by Gasteiger charge is 2.30. The highest BCUT2D eigenvalue weighted by atomic mass is 19.1. The van der Waals surface area contributed by atoms with Gasteiger partial charge in [-0.1, -0.05) is 12.1 Å². The van der Waals surface area contributed by atoms with Crippen LogP contribution in [0.1, 0.15) is 59.2 Å². The van der Waals surface area contributed by atoms with Crippen molar-refractivity contribution in [3.63, 3.8) is 0 Å². The number of hydrogen-bond acceptors (Lipinski definition) is 8. The van der Waals surface area contributed by atoms with Gasteiger partial charge >= 0.3 is 5.97 Å². The monoisotopic (exact) mass is 557 g/mol. The van der Waals surface area contributed by atoms with Crippen LogP contribution >= 0.6 is 0 Å². The molecule has 1 aliphatic carbocycles. The Morgan fingerprint density at radius 1 is 1.20 bits per heavy atom. The van der Waals surface area contributed by atoms with Crippen LogP contribution in [0.25, 0.3) is 6.08 Å². The lowest BCUT2D eigenvalue weighted by Crippen LogP contribution is -2.36. The Morgan fingerprint density at radius 3 is 2.73 bits per heavy atom. The van der Waals surface area contributed by atoms with E-state index in [1.165, 1.54) is 13.2 Å². The van der Waals surface area contributed by atoms with Crippen LogP contribution in [0.4, 0.5) is 4.39 Å². The molecule has 10 heteroatoms. The van der Waals surface area contributed by atoms with E-state index in [1.807, 2.05) is 24.3 Å². The summed E-state index contributed by atoms with van der Waals surface area (Å²) in [6.45, 7) is 4.15. The molecule has 41 heavy (non-hydrogen) atoms. The second-order valence-corrected chi connectivity index (χ2v) is 10.7. The fraction of sp³-hybridized carbons (Fsp3) is 0.419. The second-order valence-electron chi connectivity index (χ2n) is 10.7. The van der Waals surface area contributed by atoms with Crippen LogP contribution in [0.5, 0.6) is 5.88 Å². The fourth-order valence-corrected chi connectivity index (χ4v) is 5.70. The summed E-state index contributed by atoms with van der Waals surface area (Å²) in [5.41, 5.74) is 4.20. The van der Waals surface area contributed by atoms with Gasteiger partial charge in [0.25, 0.3) is 0 Å². The molecule has 2 fully saturated rings. The van der Waals surface area contributed by atoms with Gasteiger partial charge in [0, 0.05) is 47.5 Å². The molecule has 2 aromatic heterocycles. The minimum atomic E-state index is -0.460. The van der Waals surface area contributed by atoms with E-state index in [4.69, 9.17) is 29.4 Å². The summed E-state index contributed by atoms with van der Waals surface area (Å²) >= 11 is 0. The van der Waals surface area contributed by atoms with E-state index in [0.717, 1.165) is 75.0 Å². The summed E-state index contributed by atoms with van der Waals surface area (Å²) in [6, 6.07) is 12.0. The fourth-order valence-electron chi connectivity index (χ4n) is 5.70. The number of likely N-dealkylation sites (tertiary alicyclic amines) is 1. The van der Waals surface area contributed by atoms with Gasteiger partial charge in [0.1, 0.15) is 18.2 Å². The largest absolute Gasteiger partial charge is 0.473 e. The van der Waals surface area contributed by atoms with Crippen LogP contribution in [-0.2, 0) is 40.4 Å². The number of aromatic nitrogens is 3. The first kappa shape index (κ1) is 27.1.